The summed E-state index contributed by atoms with van der Waals surface area (Å²) in [7, 11) is 1.61. The molecule has 1 aliphatic rings. The van der Waals surface area contributed by atoms with Crippen LogP contribution in [0.2, 0.25) is 0 Å². The average molecular weight is 390 g/mol. The molecule has 0 radical (unpaired) electrons. The summed E-state index contributed by atoms with van der Waals surface area (Å²) in [6.45, 7) is 3.08. The highest BCUT2D eigenvalue weighted by Gasteiger charge is 2.11. The summed E-state index contributed by atoms with van der Waals surface area (Å²) in [5, 5.41) is 4.51. The van der Waals surface area contributed by atoms with Gasteiger partial charge in [-0.05, 0) is 58.7 Å². The van der Waals surface area contributed by atoms with Gasteiger partial charge in [0.25, 0.3) is 0 Å². The molecule has 1 N–H and O–H groups in total. The zero-order valence-corrected chi connectivity index (χ0v) is 14.9. The van der Waals surface area contributed by atoms with Crippen molar-refractivity contribution in [3.05, 3.63) is 51.1 Å². The van der Waals surface area contributed by atoms with E-state index in [1.807, 2.05) is 31.2 Å². The van der Waals surface area contributed by atoms with E-state index in [2.05, 4.69) is 31.2 Å². The fraction of sp³-hybridized carbons (Fsp3) is 0.235. The van der Waals surface area contributed by atoms with E-state index in [9.17, 15) is 4.79 Å². The molecule has 1 heterocycles. The summed E-state index contributed by atoms with van der Waals surface area (Å²) in [6, 6.07) is 8.93. The topological polar surface area (TPSA) is 72.3 Å². The second-order valence-corrected chi connectivity index (χ2v) is 5.96. The predicted molar refractivity (Wildman–Crippen MR) is 93.3 cm³/mol. The molecule has 1 aliphatic heterocycles. The number of hydrogen-bond acceptors (Lipinski definition) is 4. The maximum absolute atomic E-state index is 11.2. The molecule has 0 fully saturated rings. The maximum Gasteiger partial charge on any atom is 0.368 e. The van der Waals surface area contributed by atoms with Gasteiger partial charge in [-0.1, -0.05) is 0 Å². The molecule has 24 heavy (non-hydrogen) atoms. The minimum atomic E-state index is -0.456. The van der Waals surface area contributed by atoms with Crippen LogP contribution in [-0.4, -0.2) is 19.7 Å². The predicted octanol–water partition coefficient (Wildman–Crippen LogP) is 2.84. The van der Waals surface area contributed by atoms with E-state index in [4.69, 9.17) is 9.47 Å². The van der Waals surface area contributed by atoms with Gasteiger partial charge in [0.2, 0.25) is 0 Å². The number of carbonyl (C=O) groups excluding carboxylic acids is 1. The highest BCUT2D eigenvalue weighted by atomic mass is 79.9. The first-order valence-corrected chi connectivity index (χ1v) is 8.24. The summed E-state index contributed by atoms with van der Waals surface area (Å²) in [5.41, 5.74) is 1.90. The second-order valence-electron chi connectivity index (χ2n) is 5.11. The van der Waals surface area contributed by atoms with Gasteiger partial charge < -0.3 is 14.8 Å². The van der Waals surface area contributed by atoms with Gasteiger partial charge in [0.1, 0.15) is 0 Å². The van der Waals surface area contributed by atoms with E-state index >= 15 is 0 Å². The first-order valence-electron chi connectivity index (χ1n) is 7.45. The van der Waals surface area contributed by atoms with Crippen LogP contribution in [0.3, 0.4) is 0 Å². The van der Waals surface area contributed by atoms with Crippen LogP contribution in [0, 0.1) is 0 Å². The Bertz CT molecular complexity index is 912. The molecule has 0 aromatic heterocycles. The number of urea groups is 1. The summed E-state index contributed by atoms with van der Waals surface area (Å²) in [6.07, 6.45) is 0. The maximum atomic E-state index is 11.2. The zero-order chi connectivity index (χ0) is 17.1. The molecule has 3 rings (SSSR count). The Morgan fingerprint density at radius 3 is 2.71 bits per heavy atom. The molecule has 0 saturated carbocycles. The number of rotatable bonds is 6. The normalized spacial score (nSPS) is 12.2. The highest BCUT2D eigenvalue weighted by Crippen LogP contribution is 2.36. The number of benzene rings is 2. The Morgan fingerprint density at radius 2 is 1.96 bits per heavy atom. The van der Waals surface area contributed by atoms with Gasteiger partial charge >= 0.3 is 6.03 Å². The number of amides is 2. The minimum absolute atomic E-state index is 0.456. The molecular weight excluding hydrogens is 374 g/mol. The lowest BCUT2D eigenvalue weighted by molar-refractivity contribution is 0.256. The van der Waals surface area contributed by atoms with Gasteiger partial charge in [0.15, 0.2) is 11.5 Å². The van der Waals surface area contributed by atoms with Crippen molar-refractivity contribution in [3.8, 4) is 11.5 Å². The number of ether oxygens (including phenoxy) is 2. The average Bonchev–Trinajstić information content (AvgIpc) is 2.92. The fourth-order valence-electron chi connectivity index (χ4n) is 2.44. The van der Waals surface area contributed by atoms with E-state index in [0.29, 0.717) is 35.4 Å². The minimum Gasteiger partial charge on any atom is -0.492 e. The van der Waals surface area contributed by atoms with Crippen molar-refractivity contribution >= 4 is 27.6 Å². The number of nitrogens with one attached hydrogen (secondary N) is 1. The smallest absolute Gasteiger partial charge is 0.368 e. The molecule has 2 amide bonds. The van der Waals surface area contributed by atoms with Crippen LogP contribution in [0.5, 0.6) is 11.5 Å². The van der Waals surface area contributed by atoms with Crippen molar-refractivity contribution in [2.45, 2.75) is 13.5 Å². The van der Waals surface area contributed by atoms with Crippen molar-refractivity contribution in [2.24, 2.45) is 9.98 Å². The van der Waals surface area contributed by atoms with Gasteiger partial charge in [-0.25, -0.2) is 4.79 Å². The summed E-state index contributed by atoms with van der Waals surface area (Å²) in [4.78, 5) is 18.9. The molecule has 2 aromatic rings. The van der Waals surface area contributed by atoms with Gasteiger partial charge in [-0.3, -0.25) is 0 Å². The molecule has 6 nitrogen and oxygen atoms in total. The fourth-order valence-corrected chi connectivity index (χ4v) is 3.09. The second kappa shape index (κ2) is 7.00. The number of fused-ring (bicyclic) bond motifs is 1. The lowest BCUT2D eigenvalue weighted by Gasteiger charge is -2.14. The number of carbonyl (C=O) groups is 1. The van der Waals surface area contributed by atoms with Crippen molar-refractivity contribution in [1.29, 1.82) is 0 Å². The van der Waals surface area contributed by atoms with Gasteiger partial charge in [0, 0.05) is 12.2 Å². The third-order valence-corrected chi connectivity index (χ3v) is 4.07. The summed E-state index contributed by atoms with van der Waals surface area (Å²) >= 11 is 3.50. The Morgan fingerprint density at radius 1 is 1.17 bits per heavy atom. The van der Waals surface area contributed by atoms with Crippen molar-refractivity contribution in [2.75, 3.05) is 19.0 Å². The Labute approximate surface area is 147 Å². The first-order chi connectivity index (χ1) is 11.6. The monoisotopic (exact) mass is 389 g/mol. The van der Waals surface area contributed by atoms with E-state index in [0.717, 1.165) is 15.7 Å². The summed E-state index contributed by atoms with van der Waals surface area (Å²) < 4.78 is 11.8. The first kappa shape index (κ1) is 16.4. The van der Waals surface area contributed by atoms with Crippen molar-refractivity contribution < 1.29 is 14.3 Å². The zero-order valence-electron chi connectivity index (χ0n) is 13.3. The highest BCUT2D eigenvalue weighted by molar-refractivity contribution is 9.10. The quantitative estimate of drug-likeness (QED) is 0.824. The molecule has 2 aromatic carbocycles. The largest absolute Gasteiger partial charge is 0.492 e. The Hall–Kier alpha value is -2.41. The third-order valence-electron chi connectivity index (χ3n) is 3.48. The molecule has 7 heteroatoms. The standard InChI is InChI=1S/C17H16BrN3O3/c1-3-24-15-7-10(6-12(18)16(15)23-2)9-19-11-4-5-13-14(8-11)21-17(22)20-13/h4-8,19H,3,9H2,1-2H3. The van der Waals surface area contributed by atoms with Crippen LogP contribution < -0.4 is 25.5 Å². The number of methoxy groups -OCH3 is 1. The Kier molecular flexibility index (Phi) is 4.80. The van der Waals surface area contributed by atoms with Gasteiger partial charge in [-0.15, -0.1) is 0 Å². The SMILES string of the molecule is CCOc1cc(CNc2ccc3c(c2)=NC(=O)N=3)cc(Br)c1OC. The number of hydrogen-bond donors (Lipinski definition) is 1. The van der Waals surface area contributed by atoms with Crippen LogP contribution in [0.15, 0.2) is 44.8 Å². The number of anilines is 1. The summed E-state index contributed by atoms with van der Waals surface area (Å²) in [5.74, 6) is 1.37. The number of halogens is 1. The van der Waals surface area contributed by atoms with E-state index < -0.39 is 6.03 Å². The van der Waals surface area contributed by atoms with Gasteiger partial charge in [0.05, 0.1) is 28.9 Å². The molecule has 0 unspecified atom stereocenters. The van der Waals surface area contributed by atoms with Crippen LogP contribution in [0.4, 0.5) is 10.5 Å². The van der Waals surface area contributed by atoms with Crippen LogP contribution in [0.25, 0.3) is 0 Å². The molecule has 0 aliphatic carbocycles. The number of nitrogens with zero attached hydrogens (tertiary/aromatic N) is 2. The molecule has 0 spiro atoms. The van der Waals surface area contributed by atoms with Crippen LogP contribution >= 0.6 is 15.9 Å². The Balaban J connectivity index is 1.80. The lowest BCUT2D eigenvalue weighted by Crippen LogP contribution is -2.21. The molecular formula is C17H16BrN3O3. The van der Waals surface area contributed by atoms with E-state index in [1.165, 1.54) is 0 Å². The van der Waals surface area contributed by atoms with Crippen molar-refractivity contribution in [1.82, 2.24) is 0 Å². The van der Waals surface area contributed by atoms with E-state index in [-0.39, 0.29) is 0 Å². The van der Waals surface area contributed by atoms with Crippen LogP contribution in [-0.2, 0) is 6.54 Å². The third kappa shape index (κ3) is 3.41. The molecule has 0 bridgehead atoms. The van der Waals surface area contributed by atoms with Gasteiger partial charge in [-0.2, -0.15) is 9.98 Å². The molecule has 0 atom stereocenters. The lowest BCUT2D eigenvalue weighted by atomic mass is 10.2. The van der Waals surface area contributed by atoms with E-state index in [1.54, 1.807) is 13.2 Å². The molecule has 0 saturated heterocycles. The van der Waals surface area contributed by atoms with Crippen LogP contribution in [0.1, 0.15) is 12.5 Å². The van der Waals surface area contributed by atoms with Crippen molar-refractivity contribution in [3.63, 3.8) is 0 Å². The molecule has 124 valence electrons.